The van der Waals surface area contributed by atoms with Gasteiger partial charge in [0, 0.05) is 10.9 Å². The molecule has 1 heterocycles. The zero-order valence-corrected chi connectivity index (χ0v) is 12.6. The van der Waals surface area contributed by atoms with E-state index in [4.69, 9.17) is 0 Å². The van der Waals surface area contributed by atoms with E-state index in [2.05, 4.69) is 27.3 Å². The third kappa shape index (κ3) is 3.78. The molecule has 1 aromatic heterocycles. The Balaban J connectivity index is 1.86. The van der Waals surface area contributed by atoms with E-state index in [-0.39, 0.29) is 6.10 Å². The molecule has 2 rings (SSSR count). The van der Waals surface area contributed by atoms with Gasteiger partial charge in [0.1, 0.15) is 0 Å². The van der Waals surface area contributed by atoms with Crippen molar-refractivity contribution in [3.8, 4) is 0 Å². The van der Waals surface area contributed by atoms with Gasteiger partial charge in [-0.2, -0.15) is 0 Å². The highest BCUT2D eigenvalue weighted by Crippen LogP contribution is 2.37. The number of aliphatic hydroxyl groups excluding tert-OH is 1. The van der Waals surface area contributed by atoms with E-state index in [0.29, 0.717) is 6.04 Å². The van der Waals surface area contributed by atoms with E-state index >= 15 is 0 Å². The number of hydrogen-bond donors (Lipinski definition) is 2. The lowest BCUT2D eigenvalue weighted by Crippen LogP contribution is -2.25. The first kappa shape index (κ1) is 13.5. The van der Waals surface area contributed by atoms with Crippen molar-refractivity contribution in [2.75, 3.05) is 6.54 Å². The number of nitrogens with one attached hydrogen (secondary N) is 1. The standard InChI is InChI=1S/C13H20BrNOS/c1-9(16)4-3-7-15-11-5-2-6-12-10(11)8-13(14)17-12/h8-9,11,15-16H,2-7H2,1H3. The Morgan fingerprint density at radius 2 is 2.47 bits per heavy atom. The minimum absolute atomic E-state index is 0.172. The molecule has 2 nitrogen and oxygen atoms in total. The van der Waals surface area contributed by atoms with Crippen LogP contribution < -0.4 is 5.32 Å². The summed E-state index contributed by atoms with van der Waals surface area (Å²) in [5.74, 6) is 0. The van der Waals surface area contributed by atoms with Crippen LogP contribution in [0, 0.1) is 0 Å². The number of thiophene rings is 1. The van der Waals surface area contributed by atoms with Crippen molar-refractivity contribution in [3.63, 3.8) is 0 Å². The van der Waals surface area contributed by atoms with Gasteiger partial charge in [-0.1, -0.05) is 0 Å². The Bertz CT molecular complexity index is 364. The van der Waals surface area contributed by atoms with E-state index in [0.717, 1.165) is 19.4 Å². The zero-order valence-electron chi connectivity index (χ0n) is 10.2. The Morgan fingerprint density at radius 3 is 3.24 bits per heavy atom. The molecule has 96 valence electrons. The van der Waals surface area contributed by atoms with Crippen LogP contribution in [-0.4, -0.2) is 17.8 Å². The van der Waals surface area contributed by atoms with Crippen LogP contribution in [0.4, 0.5) is 0 Å². The fourth-order valence-electron chi connectivity index (χ4n) is 2.41. The molecule has 2 unspecified atom stereocenters. The maximum absolute atomic E-state index is 9.22. The first-order chi connectivity index (χ1) is 8.16. The highest BCUT2D eigenvalue weighted by atomic mass is 79.9. The van der Waals surface area contributed by atoms with Crippen molar-refractivity contribution < 1.29 is 5.11 Å². The first-order valence-electron chi connectivity index (χ1n) is 6.36. The van der Waals surface area contributed by atoms with Crippen molar-refractivity contribution in [3.05, 3.63) is 20.3 Å². The molecular weight excluding hydrogens is 298 g/mol. The molecule has 2 N–H and O–H groups in total. The number of fused-ring (bicyclic) bond motifs is 1. The molecule has 0 aliphatic heterocycles. The lowest BCUT2D eigenvalue weighted by molar-refractivity contribution is 0.180. The summed E-state index contributed by atoms with van der Waals surface area (Å²) in [6.45, 7) is 2.86. The van der Waals surface area contributed by atoms with E-state index in [1.807, 2.05) is 18.3 Å². The van der Waals surface area contributed by atoms with Crippen molar-refractivity contribution >= 4 is 27.3 Å². The monoisotopic (exact) mass is 317 g/mol. The molecule has 0 radical (unpaired) electrons. The van der Waals surface area contributed by atoms with Crippen molar-refractivity contribution in [1.29, 1.82) is 0 Å². The maximum Gasteiger partial charge on any atom is 0.0704 e. The first-order valence-corrected chi connectivity index (χ1v) is 7.97. The second kappa shape index (κ2) is 6.32. The van der Waals surface area contributed by atoms with Crippen LogP contribution in [-0.2, 0) is 6.42 Å². The molecule has 17 heavy (non-hydrogen) atoms. The summed E-state index contributed by atoms with van der Waals surface area (Å²) >= 11 is 5.45. The SMILES string of the molecule is CC(O)CCCNC1CCCc2sc(Br)cc21. The smallest absolute Gasteiger partial charge is 0.0704 e. The van der Waals surface area contributed by atoms with E-state index in [1.165, 1.54) is 33.5 Å². The van der Waals surface area contributed by atoms with E-state index < -0.39 is 0 Å². The van der Waals surface area contributed by atoms with Crippen molar-refractivity contribution in [2.45, 2.75) is 51.2 Å². The summed E-state index contributed by atoms with van der Waals surface area (Å²) in [6.07, 6.45) is 5.53. The van der Waals surface area contributed by atoms with Crippen molar-refractivity contribution in [1.82, 2.24) is 5.32 Å². The Kier molecular flexibility index (Phi) is 5.03. The maximum atomic E-state index is 9.22. The highest BCUT2D eigenvalue weighted by molar-refractivity contribution is 9.11. The Morgan fingerprint density at radius 1 is 1.65 bits per heavy atom. The molecule has 1 aliphatic carbocycles. The average molecular weight is 318 g/mol. The van der Waals surface area contributed by atoms with Gasteiger partial charge in [-0.05, 0) is 73.1 Å². The average Bonchev–Trinajstić information content (AvgIpc) is 2.65. The number of rotatable bonds is 5. The van der Waals surface area contributed by atoms with Gasteiger partial charge in [-0.3, -0.25) is 0 Å². The number of aryl methyl sites for hydroxylation is 1. The van der Waals surface area contributed by atoms with Gasteiger partial charge < -0.3 is 10.4 Å². The Labute approximate surface area is 116 Å². The number of hydrogen-bond acceptors (Lipinski definition) is 3. The lowest BCUT2D eigenvalue weighted by Gasteiger charge is -2.23. The van der Waals surface area contributed by atoms with Gasteiger partial charge in [0.2, 0.25) is 0 Å². The lowest BCUT2D eigenvalue weighted by atomic mass is 9.94. The van der Waals surface area contributed by atoms with Gasteiger partial charge >= 0.3 is 0 Å². The minimum Gasteiger partial charge on any atom is -0.393 e. The molecule has 0 spiro atoms. The number of aliphatic hydroxyl groups is 1. The van der Waals surface area contributed by atoms with Crippen molar-refractivity contribution in [2.24, 2.45) is 0 Å². The summed E-state index contributed by atoms with van der Waals surface area (Å²) in [4.78, 5) is 1.54. The quantitative estimate of drug-likeness (QED) is 0.813. The van der Waals surface area contributed by atoms with Crippen LogP contribution in [0.15, 0.2) is 9.85 Å². The van der Waals surface area contributed by atoms with E-state index in [9.17, 15) is 5.11 Å². The second-order valence-corrected chi connectivity index (χ2v) is 7.34. The third-order valence-corrected chi connectivity index (χ3v) is 4.99. The molecule has 0 bridgehead atoms. The van der Waals surface area contributed by atoms with Gasteiger partial charge in [0.15, 0.2) is 0 Å². The predicted molar refractivity (Wildman–Crippen MR) is 76.6 cm³/mol. The molecule has 2 atom stereocenters. The molecule has 0 saturated carbocycles. The van der Waals surface area contributed by atoms with Crippen LogP contribution >= 0.6 is 27.3 Å². The van der Waals surface area contributed by atoms with E-state index in [1.54, 1.807) is 0 Å². The summed E-state index contributed by atoms with van der Waals surface area (Å²) in [6, 6.07) is 2.79. The summed E-state index contributed by atoms with van der Waals surface area (Å²) in [7, 11) is 0. The topological polar surface area (TPSA) is 32.3 Å². The Hall–Kier alpha value is 0.100. The zero-order chi connectivity index (χ0) is 12.3. The molecule has 4 heteroatoms. The minimum atomic E-state index is -0.172. The van der Waals surface area contributed by atoms with Gasteiger partial charge in [-0.15, -0.1) is 11.3 Å². The summed E-state index contributed by atoms with van der Waals surface area (Å²) in [5.41, 5.74) is 1.49. The van der Waals surface area contributed by atoms with Gasteiger partial charge in [0.25, 0.3) is 0 Å². The highest BCUT2D eigenvalue weighted by Gasteiger charge is 2.21. The molecule has 1 aliphatic rings. The fraction of sp³-hybridized carbons (Fsp3) is 0.692. The predicted octanol–water partition coefficient (Wildman–Crippen LogP) is 3.64. The van der Waals surface area contributed by atoms with Crippen LogP contribution in [0.1, 0.15) is 49.1 Å². The van der Waals surface area contributed by atoms with Crippen LogP contribution in [0.2, 0.25) is 0 Å². The summed E-state index contributed by atoms with van der Waals surface area (Å²) in [5, 5.41) is 12.8. The molecule has 0 aromatic carbocycles. The molecule has 0 saturated heterocycles. The number of halogens is 1. The second-order valence-electron chi connectivity index (χ2n) is 4.82. The molecule has 1 aromatic rings. The summed E-state index contributed by atoms with van der Waals surface area (Å²) < 4.78 is 1.25. The van der Waals surface area contributed by atoms with Crippen LogP contribution in [0.5, 0.6) is 0 Å². The molecular formula is C13H20BrNOS. The normalized spacial score (nSPS) is 21.2. The molecule has 0 amide bonds. The van der Waals surface area contributed by atoms with Gasteiger partial charge in [0.05, 0.1) is 9.89 Å². The van der Waals surface area contributed by atoms with Gasteiger partial charge in [-0.25, -0.2) is 0 Å². The largest absolute Gasteiger partial charge is 0.393 e. The van der Waals surface area contributed by atoms with Crippen LogP contribution in [0.3, 0.4) is 0 Å². The fourth-order valence-corrected chi connectivity index (χ4v) is 4.23. The molecule has 0 fully saturated rings. The third-order valence-electron chi connectivity index (χ3n) is 3.27. The van der Waals surface area contributed by atoms with Crippen LogP contribution in [0.25, 0.3) is 0 Å².